The minimum absolute atomic E-state index is 0.0716. The van der Waals surface area contributed by atoms with E-state index in [9.17, 15) is 8.42 Å². The van der Waals surface area contributed by atoms with Gasteiger partial charge in [-0.1, -0.05) is 6.92 Å². The van der Waals surface area contributed by atoms with Crippen molar-refractivity contribution in [2.45, 2.75) is 44.9 Å². The van der Waals surface area contributed by atoms with E-state index in [1.54, 1.807) is 6.07 Å². The SMILES string of the molecule is CCNCc1ccc(S(=O)(=O)NCC(C)(C)OCC)o1. The van der Waals surface area contributed by atoms with E-state index in [2.05, 4.69) is 10.0 Å². The summed E-state index contributed by atoms with van der Waals surface area (Å²) in [5.41, 5.74) is -0.555. The molecular weight excluding hydrogens is 280 g/mol. The van der Waals surface area contributed by atoms with Crippen LogP contribution in [-0.2, 0) is 21.3 Å². The van der Waals surface area contributed by atoms with Gasteiger partial charge in [-0.05, 0) is 39.4 Å². The Kier molecular flexibility index (Phi) is 6.19. The van der Waals surface area contributed by atoms with Gasteiger partial charge in [-0.15, -0.1) is 0 Å². The van der Waals surface area contributed by atoms with E-state index >= 15 is 0 Å². The normalized spacial score (nSPS) is 12.8. The van der Waals surface area contributed by atoms with Gasteiger partial charge in [-0.2, -0.15) is 0 Å². The molecule has 1 aromatic heterocycles. The van der Waals surface area contributed by atoms with Gasteiger partial charge in [-0.25, -0.2) is 13.1 Å². The third-order valence-corrected chi connectivity index (χ3v) is 3.95. The second-order valence-electron chi connectivity index (χ2n) is 5.02. The van der Waals surface area contributed by atoms with Crippen LogP contribution in [0, 0.1) is 0 Å². The van der Waals surface area contributed by atoms with Crippen molar-refractivity contribution in [2.75, 3.05) is 19.7 Å². The number of hydrogen-bond acceptors (Lipinski definition) is 5. The van der Waals surface area contributed by atoms with E-state index < -0.39 is 15.6 Å². The van der Waals surface area contributed by atoms with Gasteiger partial charge in [0.25, 0.3) is 10.0 Å². The Morgan fingerprint density at radius 1 is 1.30 bits per heavy atom. The van der Waals surface area contributed by atoms with E-state index in [1.807, 2.05) is 27.7 Å². The van der Waals surface area contributed by atoms with Crippen LogP contribution in [0.1, 0.15) is 33.5 Å². The summed E-state index contributed by atoms with van der Waals surface area (Å²) in [7, 11) is -3.64. The standard InChI is InChI=1S/C13H24N2O4S/c1-5-14-9-11-7-8-12(19-11)20(16,17)15-10-13(3,4)18-6-2/h7-8,14-15H,5-6,9-10H2,1-4H3. The first-order valence-electron chi connectivity index (χ1n) is 6.74. The smallest absolute Gasteiger partial charge is 0.274 e. The number of rotatable bonds is 9. The van der Waals surface area contributed by atoms with Crippen LogP contribution >= 0.6 is 0 Å². The van der Waals surface area contributed by atoms with Crippen LogP contribution in [-0.4, -0.2) is 33.7 Å². The number of sulfonamides is 1. The maximum atomic E-state index is 12.1. The Morgan fingerprint density at radius 2 is 2.00 bits per heavy atom. The third-order valence-electron chi connectivity index (χ3n) is 2.67. The van der Waals surface area contributed by atoms with Gasteiger partial charge < -0.3 is 14.5 Å². The Labute approximate surface area is 120 Å². The average Bonchev–Trinajstić information content (AvgIpc) is 2.84. The van der Waals surface area contributed by atoms with Gasteiger partial charge in [0.15, 0.2) is 0 Å². The molecular formula is C13H24N2O4S. The molecule has 1 aromatic rings. The molecule has 7 heteroatoms. The van der Waals surface area contributed by atoms with Crippen LogP contribution in [0.4, 0.5) is 0 Å². The molecule has 0 aliphatic heterocycles. The minimum Gasteiger partial charge on any atom is -0.447 e. The van der Waals surface area contributed by atoms with Crippen molar-refractivity contribution in [3.8, 4) is 0 Å². The Balaban J connectivity index is 2.66. The summed E-state index contributed by atoms with van der Waals surface area (Å²) < 4.78 is 37.5. The summed E-state index contributed by atoms with van der Waals surface area (Å²) in [5, 5.41) is 3.00. The van der Waals surface area contributed by atoms with E-state index in [-0.39, 0.29) is 11.6 Å². The van der Waals surface area contributed by atoms with Gasteiger partial charge in [-0.3, -0.25) is 0 Å². The molecule has 0 aromatic carbocycles. The third kappa shape index (κ3) is 5.24. The molecule has 0 unspecified atom stereocenters. The van der Waals surface area contributed by atoms with Crippen LogP contribution in [0.15, 0.2) is 21.6 Å². The Hall–Kier alpha value is -0.890. The molecule has 6 nitrogen and oxygen atoms in total. The predicted octanol–water partition coefficient (Wildman–Crippen LogP) is 1.48. The minimum atomic E-state index is -3.64. The highest BCUT2D eigenvalue weighted by Crippen LogP contribution is 2.15. The van der Waals surface area contributed by atoms with E-state index in [4.69, 9.17) is 9.15 Å². The van der Waals surface area contributed by atoms with Crippen molar-refractivity contribution in [3.05, 3.63) is 17.9 Å². The maximum absolute atomic E-state index is 12.1. The van der Waals surface area contributed by atoms with Crippen LogP contribution in [0.2, 0.25) is 0 Å². The first kappa shape index (κ1) is 17.2. The lowest BCUT2D eigenvalue weighted by atomic mass is 10.1. The number of nitrogens with one attached hydrogen (secondary N) is 2. The van der Waals surface area contributed by atoms with Gasteiger partial charge in [0.1, 0.15) is 5.76 Å². The number of ether oxygens (including phenoxy) is 1. The highest BCUT2D eigenvalue weighted by Gasteiger charge is 2.24. The summed E-state index contributed by atoms with van der Waals surface area (Å²) in [4.78, 5) is 0. The van der Waals surface area contributed by atoms with Crippen molar-refractivity contribution >= 4 is 10.0 Å². The first-order chi connectivity index (χ1) is 9.30. The molecule has 0 fully saturated rings. The molecule has 0 bridgehead atoms. The lowest BCUT2D eigenvalue weighted by molar-refractivity contribution is -0.00519. The molecule has 0 amide bonds. The van der Waals surface area contributed by atoms with Crippen LogP contribution in [0.25, 0.3) is 0 Å². The molecule has 1 rings (SSSR count). The second kappa shape index (κ2) is 7.21. The summed E-state index contributed by atoms with van der Waals surface area (Å²) in [6.45, 7) is 9.53. The quantitative estimate of drug-likeness (QED) is 0.722. The zero-order valence-electron chi connectivity index (χ0n) is 12.5. The Bertz CT molecular complexity index is 508. The molecule has 0 aliphatic carbocycles. The maximum Gasteiger partial charge on any atom is 0.274 e. The van der Waals surface area contributed by atoms with Gasteiger partial charge >= 0.3 is 0 Å². The van der Waals surface area contributed by atoms with Crippen molar-refractivity contribution in [1.82, 2.24) is 10.0 Å². The fourth-order valence-corrected chi connectivity index (χ4v) is 2.77. The molecule has 0 atom stereocenters. The zero-order valence-corrected chi connectivity index (χ0v) is 13.3. The molecule has 0 aliphatic rings. The highest BCUT2D eigenvalue weighted by atomic mass is 32.2. The lowest BCUT2D eigenvalue weighted by Gasteiger charge is -2.24. The summed E-state index contributed by atoms with van der Waals surface area (Å²) in [6.07, 6.45) is 0. The molecule has 0 saturated heterocycles. The number of hydrogen-bond donors (Lipinski definition) is 2. The molecule has 0 saturated carbocycles. The second-order valence-corrected chi connectivity index (χ2v) is 6.72. The largest absolute Gasteiger partial charge is 0.447 e. The fraction of sp³-hybridized carbons (Fsp3) is 0.692. The van der Waals surface area contributed by atoms with Gasteiger partial charge in [0, 0.05) is 13.2 Å². The molecule has 1 heterocycles. The van der Waals surface area contributed by atoms with Crippen molar-refractivity contribution < 1.29 is 17.6 Å². The van der Waals surface area contributed by atoms with Crippen LogP contribution < -0.4 is 10.0 Å². The van der Waals surface area contributed by atoms with Crippen LogP contribution in [0.3, 0.4) is 0 Å². The van der Waals surface area contributed by atoms with Crippen LogP contribution in [0.5, 0.6) is 0 Å². The van der Waals surface area contributed by atoms with E-state index in [1.165, 1.54) is 6.07 Å². The van der Waals surface area contributed by atoms with E-state index in [0.29, 0.717) is 18.9 Å². The molecule has 2 N–H and O–H groups in total. The molecule has 116 valence electrons. The van der Waals surface area contributed by atoms with Gasteiger partial charge in [0.05, 0.1) is 12.1 Å². The zero-order chi connectivity index (χ0) is 15.2. The topological polar surface area (TPSA) is 80.6 Å². The lowest BCUT2D eigenvalue weighted by Crippen LogP contribution is -2.40. The first-order valence-corrected chi connectivity index (χ1v) is 8.22. The van der Waals surface area contributed by atoms with Gasteiger partial charge in [0.2, 0.25) is 5.09 Å². The molecule has 0 radical (unpaired) electrons. The summed E-state index contributed by atoms with van der Waals surface area (Å²) in [6, 6.07) is 3.12. The van der Waals surface area contributed by atoms with Crippen molar-refractivity contribution in [2.24, 2.45) is 0 Å². The number of furan rings is 1. The highest BCUT2D eigenvalue weighted by molar-refractivity contribution is 7.89. The fourth-order valence-electron chi connectivity index (χ4n) is 1.63. The molecule has 20 heavy (non-hydrogen) atoms. The summed E-state index contributed by atoms with van der Waals surface area (Å²) in [5.74, 6) is 0.594. The van der Waals surface area contributed by atoms with Crippen molar-refractivity contribution in [3.63, 3.8) is 0 Å². The Morgan fingerprint density at radius 3 is 2.60 bits per heavy atom. The van der Waals surface area contributed by atoms with E-state index in [0.717, 1.165) is 6.54 Å². The average molecular weight is 304 g/mol. The predicted molar refractivity (Wildman–Crippen MR) is 77.0 cm³/mol. The van der Waals surface area contributed by atoms with Crippen molar-refractivity contribution in [1.29, 1.82) is 0 Å². The molecule has 0 spiro atoms. The monoisotopic (exact) mass is 304 g/mol. The summed E-state index contributed by atoms with van der Waals surface area (Å²) >= 11 is 0.